The Kier molecular flexibility index (Phi) is 6.30. The summed E-state index contributed by atoms with van der Waals surface area (Å²) in [5, 5.41) is 9.63. The number of hydrogen-bond donors (Lipinski definition) is 0. The highest BCUT2D eigenvalue weighted by Gasteiger charge is 2.27. The van der Waals surface area contributed by atoms with Crippen LogP contribution in [0.25, 0.3) is 10.8 Å². The molecule has 29 heavy (non-hydrogen) atoms. The van der Waals surface area contributed by atoms with E-state index in [1.54, 1.807) is 0 Å². The van der Waals surface area contributed by atoms with Gasteiger partial charge in [-0.3, -0.25) is 4.79 Å². The number of anilines is 1. The molecule has 0 spiro atoms. The summed E-state index contributed by atoms with van der Waals surface area (Å²) in [7, 11) is 0. The number of amides is 1. The summed E-state index contributed by atoms with van der Waals surface area (Å²) in [6.07, 6.45) is 5.72. The third kappa shape index (κ3) is 4.70. The van der Waals surface area contributed by atoms with E-state index < -0.39 is 0 Å². The molecule has 0 N–H and O–H groups in total. The van der Waals surface area contributed by atoms with Gasteiger partial charge >= 0.3 is 0 Å². The van der Waals surface area contributed by atoms with Gasteiger partial charge in [-0.05, 0) is 38.8 Å². The number of aryl methyl sites for hydroxylation is 2. The average Bonchev–Trinajstić information content (AvgIpc) is 3.34. The number of para-hydroxylation sites is 1. The Labute approximate surface area is 178 Å². The van der Waals surface area contributed by atoms with Crippen molar-refractivity contribution in [2.45, 2.75) is 57.2 Å². The zero-order chi connectivity index (χ0) is 20.2. The molecule has 8 heteroatoms. The third-order valence-electron chi connectivity index (χ3n) is 5.07. The summed E-state index contributed by atoms with van der Waals surface area (Å²) in [6, 6.07) is 10.2. The summed E-state index contributed by atoms with van der Waals surface area (Å²) in [6.45, 7) is 3.89. The van der Waals surface area contributed by atoms with Gasteiger partial charge in [-0.2, -0.15) is 0 Å². The van der Waals surface area contributed by atoms with Gasteiger partial charge in [-0.1, -0.05) is 49.2 Å². The highest BCUT2D eigenvalue weighted by molar-refractivity contribution is 7.99. The minimum absolute atomic E-state index is 0.0812. The first-order valence-corrected chi connectivity index (χ1v) is 11.7. The number of nitrogens with zero attached hydrogens (tertiary/aromatic N) is 4. The van der Waals surface area contributed by atoms with Crippen molar-refractivity contribution in [2.75, 3.05) is 10.7 Å². The van der Waals surface area contributed by atoms with Crippen molar-refractivity contribution >= 4 is 34.7 Å². The first-order chi connectivity index (χ1) is 14.1. The number of carbonyl (C=O) groups excluding carboxylic acids is 1. The molecular formula is C21H24N4O2S2. The molecular weight excluding hydrogens is 404 g/mol. The first-order valence-electron chi connectivity index (χ1n) is 9.89. The monoisotopic (exact) mass is 428 g/mol. The van der Waals surface area contributed by atoms with Gasteiger partial charge < -0.3 is 9.32 Å². The molecule has 0 saturated heterocycles. The zero-order valence-electron chi connectivity index (χ0n) is 16.6. The van der Waals surface area contributed by atoms with Crippen LogP contribution < -0.4 is 4.90 Å². The Balaban J connectivity index is 1.46. The normalized spacial score (nSPS) is 14.8. The second kappa shape index (κ2) is 9.09. The quantitative estimate of drug-likeness (QED) is 0.498. The smallest absolute Gasteiger partial charge is 0.277 e. The predicted octanol–water partition coefficient (Wildman–Crippen LogP) is 5.27. The molecule has 1 amide bonds. The van der Waals surface area contributed by atoms with Gasteiger partial charge in [0.1, 0.15) is 4.88 Å². The van der Waals surface area contributed by atoms with Crippen molar-refractivity contribution in [3.05, 3.63) is 41.0 Å². The van der Waals surface area contributed by atoms with Crippen LogP contribution in [-0.4, -0.2) is 32.9 Å². The molecule has 2 heterocycles. The Morgan fingerprint density at radius 1 is 1.17 bits per heavy atom. The van der Waals surface area contributed by atoms with Crippen LogP contribution in [0.1, 0.15) is 42.8 Å². The summed E-state index contributed by atoms with van der Waals surface area (Å²) >= 11 is 2.83. The van der Waals surface area contributed by atoms with Gasteiger partial charge in [0.25, 0.3) is 11.1 Å². The highest BCUT2D eigenvalue weighted by atomic mass is 32.2. The molecule has 0 atom stereocenters. The van der Waals surface area contributed by atoms with Gasteiger partial charge in [-0.25, -0.2) is 4.98 Å². The molecule has 1 aromatic carbocycles. The molecule has 4 rings (SSSR count). The van der Waals surface area contributed by atoms with Crippen LogP contribution >= 0.6 is 23.1 Å². The molecule has 0 bridgehead atoms. The van der Waals surface area contributed by atoms with Crippen LogP contribution in [-0.2, 0) is 4.79 Å². The van der Waals surface area contributed by atoms with E-state index in [2.05, 4.69) is 15.2 Å². The van der Waals surface area contributed by atoms with Gasteiger partial charge in [0.05, 0.1) is 16.5 Å². The third-order valence-corrected chi connectivity index (χ3v) is 6.93. The Hall–Kier alpha value is -2.19. The number of thioether (sulfide) groups is 1. The fraction of sp³-hybridized carbons (Fsp3) is 0.429. The minimum Gasteiger partial charge on any atom is -0.410 e. The summed E-state index contributed by atoms with van der Waals surface area (Å²) in [5.74, 6) is 0.821. The number of thiazole rings is 1. The lowest BCUT2D eigenvalue weighted by atomic mass is 9.93. The largest absolute Gasteiger partial charge is 0.410 e. The van der Waals surface area contributed by atoms with Crippen molar-refractivity contribution in [3.63, 3.8) is 0 Å². The van der Waals surface area contributed by atoms with Crippen molar-refractivity contribution in [1.29, 1.82) is 0 Å². The Bertz CT molecular complexity index is 964. The van der Waals surface area contributed by atoms with Crippen molar-refractivity contribution in [1.82, 2.24) is 15.2 Å². The molecule has 2 aromatic heterocycles. The number of aromatic nitrogens is 3. The molecule has 152 valence electrons. The molecule has 0 unspecified atom stereocenters. The predicted molar refractivity (Wildman–Crippen MR) is 116 cm³/mol. The van der Waals surface area contributed by atoms with E-state index in [1.165, 1.54) is 42.4 Å². The maximum atomic E-state index is 13.2. The highest BCUT2D eigenvalue weighted by Crippen LogP contribution is 2.32. The summed E-state index contributed by atoms with van der Waals surface area (Å²) in [4.78, 5) is 20.4. The van der Waals surface area contributed by atoms with E-state index in [-0.39, 0.29) is 17.7 Å². The van der Waals surface area contributed by atoms with Gasteiger partial charge in [-0.15, -0.1) is 21.5 Å². The van der Waals surface area contributed by atoms with E-state index in [4.69, 9.17) is 4.42 Å². The van der Waals surface area contributed by atoms with Gasteiger partial charge in [0.2, 0.25) is 5.91 Å². The first kappa shape index (κ1) is 20.1. The van der Waals surface area contributed by atoms with E-state index in [1.807, 2.05) is 49.1 Å². The van der Waals surface area contributed by atoms with Crippen LogP contribution in [0.5, 0.6) is 0 Å². The molecule has 1 aliphatic rings. The average molecular weight is 429 g/mol. The zero-order valence-corrected chi connectivity index (χ0v) is 18.3. The van der Waals surface area contributed by atoms with Crippen LogP contribution in [0.15, 0.2) is 40.0 Å². The van der Waals surface area contributed by atoms with Crippen LogP contribution in [0, 0.1) is 13.8 Å². The van der Waals surface area contributed by atoms with Gasteiger partial charge in [0, 0.05) is 11.7 Å². The maximum absolute atomic E-state index is 13.2. The van der Waals surface area contributed by atoms with E-state index in [0.717, 1.165) is 34.1 Å². The van der Waals surface area contributed by atoms with Crippen LogP contribution in [0.2, 0.25) is 0 Å². The summed E-state index contributed by atoms with van der Waals surface area (Å²) in [5.41, 5.74) is 1.85. The molecule has 3 aromatic rings. The number of rotatable bonds is 6. The van der Waals surface area contributed by atoms with E-state index in [9.17, 15) is 4.79 Å². The molecule has 0 aliphatic heterocycles. The second-order valence-corrected chi connectivity index (χ2v) is 9.33. The Morgan fingerprint density at radius 2 is 1.93 bits per heavy atom. The maximum Gasteiger partial charge on any atom is 0.277 e. The minimum atomic E-state index is 0.0812. The van der Waals surface area contributed by atoms with Crippen LogP contribution in [0.3, 0.4) is 0 Å². The molecule has 0 radical (unpaired) electrons. The van der Waals surface area contributed by atoms with Crippen molar-refractivity contribution < 1.29 is 9.21 Å². The van der Waals surface area contributed by atoms with E-state index >= 15 is 0 Å². The Morgan fingerprint density at radius 3 is 2.62 bits per heavy atom. The molecule has 1 saturated carbocycles. The van der Waals surface area contributed by atoms with E-state index in [0.29, 0.717) is 11.1 Å². The van der Waals surface area contributed by atoms with Crippen molar-refractivity contribution in [3.8, 4) is 10.8 Å². The van der Waals surface area contributed by atoms with Gasteiger partial charge in [0.15, 0.2) is 0 Å². The summed E-state index contributed by atoms with van der Waals surface area (Å²) < 4.78 is 5.79. The fourth-order valence-electron chi connectivity index (χ4n) is 3.77. The topological polar surface area (TPSA) is 72.1 Å². The molecule has 6 nitrogen and oxygen atoms in total. The number of hydrogen-bond acceptors (Lipinski definition) is 7. The lowest BCUT2D eigenvalue weighted by Gasteiger charge is -2.34. The lowest BCUT2D eigenvalue weighted by molar-refractivity contribution is -0.116. The van der Waals surface area contributed by atoms with Crippen LogP contribution in [0.4, 0.5) is 5.69 Å². The fourth-order valence-corrected chi connectivity index (χ4v) is 5.23. The number of benzene rings is 1. The number of carbonyl (C=O) groups is 1. The lowest BCUT2D eigenvalue weighted by Crippen LogP contribution is -2.42. The van der Waals surface area contributed by atoms with Crippen molar-refractivity contribution in [2.24, 2.45) is 0 Å². The standard InChI is InChI=1S/C21H24N4O2S2/c1-14-19(29-15(2)22-14)20-23-24-21(27-20)28-13-18(26)25(16-9-5-3-6-10-16)17-11-7-4-8-12-17/h3,5-6,9-10,17H,4,7-8,11-13H2,1-2H3. The molecule has 1 aliphatic carbocycles. The second-order valence-electron chi connectivity index (χ2n) is 7.20. The molecule has 1 fully saturated rings. The SMILES string of the molecule is Cc1nc(C)c(-c2nnc(SCC(=O)N(c3ccccc3)C3CCCCC3)o2)s1.